The number of fused-ring (bicyclic) bond motifs is 1. The summed E-state index contributed by atoms with van der Waals surface area (Å²) in [6.07, 6.45) is 1.73. The molecular weight excluding hydrogens is 206 g/mol. The average Bonchev–Trinajstić information content (AvgIpc) is 2.82. The van der Waals surface area contributed by atoms with Gasteiger partial charge in [-0.3, -0.25) is 4.79 Å². The van der Waals surface area contributed by atoms with Gasteiger partial charge in [0.25, 0.3) is 5.56 Å². The molecule has 5 heteroatoms. The van der Waals surface area contributed by atoms with E-state index in [9.17, 15) is 4.79 Å². The Morgan fingerprint density at radius 3 is 3.19 bits per heavy atom. The Bertz CT molecular complexity index is 449. The molecule has 1 aromatic rings. The molecule has 2 N–H and O–H groups in total. The zero-order valence-corrected chi connectivity index (χ0v) is 9.08. The van der Waals surface area contributed by atoms with Gasteiger partial charge in [0.2, 0.25) is 0 Å². The molecule has 0 aliphatic carbocycles. The first-order valence-corrected chi connectivity index (χ1v) is 5.75. The van der Waals surface area contributed by atoms with Gasteiger partial charge in [-0.1, -0.05) is 0 Å². The normalized spacial score (nSPS) is 24.4. The van der Waals surface area contributed by atoms with Crippen molar-refractivity contribution in [1.82, 2.24) is 15.3 Å². The fourth-order valence-corrected chi connectivity index (χ4v) is 2.33. The highest BCUT2D eigenvalue weighted by atomic mass is 16.5. The molecule has 3 heterocycles. The lowest BCUT2D eigenvalue weighted by molar-refractivity contribution is 0.193. The van der Waals surface area contributed by atoms with Gasteiger partial charge in [-0.2, -0.15) is 0 Å². The molecule has 2 aliphatic rings. The fourth-order valence-electron chi connectivity index (χ4n) is 2.33. The Balaban J connectivity index is 2.01. The second-order valence-corrected chi connectivity index (χ2v) is 4.36. The van der Waals surface area contributed by atoms with Crippen LogP contribution in [0.5, 0.6) is 0 Å². The molecule has 0 spiro atoms. The van der Waals surface area contributed by atoms with Gasteiger partial charge in [0, 0.05) is 24.6 Å². The third-order valence-electron chi connectivity index (χ3n) is 3.28. The highest BCUT2D eigenvalue weighted by molar-refractivity contribution is 5.21. The van der Waals surface area contributed by atoms with Crippen molar-refractivity contribution in [2.24, 2.45) is 0 Å². The number of hydrogen-bond acceptors (Lipinski definition) is 4. The number of nitrogens with zero attached hydrogens (tertiary/aromatic N) is 1. The minimum Gasteiger partial charge on any atom is -0.381 e. The molecule has 1 atom stereocenters. The molecular formula is C11H15N3O2. The summed E-state index contributed by atoms with van der Waals surface area (Å²) < 4.78 is 5.32. The third kappa shape index (κ3) is 1.66. The number of hydrogen-bond donors (Lipinski definition) is 2. The average molecular weight is 221 g/mol. The number of rotatable bonds is 1. The molecule has 0 aromatic carbocycles. The summed E-state index contributed by atoms with van der Waals surface area (Å²) in [5.74, 6) is 1.06. The predicted molar refractivity (Wildman–Crippen MR) is 58.4 cm³/mol. The van der Waals surface area contributed by atoms with Gasteiger partial charge in [-0.25, -0.2) is 4.98 Å². The fraction of sp³-hybridized carbons (Fsp3) is 0.636. The quantitative estimate of drug-likeness (QED) is 0.696. The van der Waals surface area contributed by atoms with Crippen LogP contribution in [-0.2, 0) is 17.7 Å². The van der Waals surface area contributed by atoms with E-state index in [0.717, 1.165) is 43.1 Å². The second-order valence-electron chi connectivity index (χ2n) is 4.36. The maximum atomic E-state index is 11.9. The Labute approximate surface area is 93.2 Å². The van der Waals surface area contributed by atoms with E-state index in [2.05, 4.69) is 15.3 Å². The monoisotopic (exact) mass is 221 g/mol. The Hall–Kier alpha value is -1.20. The van der Waals surface area contributed by atoms with Gasteiger partial charge in [0.15, 0.2) is 0 Å². The first-order valence-electron chi connectivity index (χ1n) is 5.75. The maximum Gasteiger partial charge on any atom is 0.254 e. The lowest BCUT2D eigenvalue weighted by Crippen LogP contribution is -2.32. The van der Waals surface area contributed by atoms with Crippen molar-refractivity contribution in [3.8, 4) is 0 Å². The van der Waals surface area contributed by atoms with Crippen LogP contribution in [0.3, 0.4) is 0 Å². The van der Waals surface area contributed by atoms with Gasteiger partial charge in [0.1, 0.15) is 5.82 Å². The molecule has 0 amide bonds. The van der Waals surface area contributed by atoms with Crippen LogP contribution in [-0.4, -0.2) is 29.7 Å². The SMILES string of the molecule is O=c1[nH]c(C2CCOC2)nc2c1CCNC2. The van der Waals surface area contributed by atoms with Crippen LogP contribution in [0.1, 0.15) is 29.4 Å². The van der Waals surface area contributed by atoms with E-state index in [1.165, 1.54) is 0 Å². The first kappa shape index (κ1) is 9.99. The van der Waals surface area contributed by atoms with Crippen molar-refractivity contribution in [3.05, 3.63) is 27.4 Å². The lowest BCUT2D eigenvalue weighted by Gasteiger charge is -2.17. The van der Waals surface area contributed by atoms with Crippen LogP contribution < -0.4 is 10.9 Å². The van der Waals surface area contributed by atoms with Gasteiger partial charge < -0.3 is 15.0 Å². The molecule has 0 saturated carbocycles. The summed E-state index contributed by atoms with van der Waals surface area (Å²) in [6.45, 7) is 3.02. The van der Waals surface area contributed by atoms with Crippen LogP contribution >= 0.6 is 0 Å². The summed E-state index contributed by atoms with van der Waals surface area (Å²) >= 11 is 0. The van der Waals surface area contributed by atoms with E-state index in [0.29, 0.717) is 13.2 Å². The van der Waals surface area contributed by atoms with E-state index in [1.807, 2.05) is 0 Å². The van der Waals surface area contributed by atoms with Crippen LogP contribution in [0.4, 0.5) is 0 Å². The molecule has 0 bridgehead atoms. The van der Waals surface area contributed by atoms with Crippen molar-refractivity contribution in [2.45, 2.75) is 25.3 Å². The first-order chi connectivity index (χ1) is 7.84. The topological polar surface area (TPSA) is 67.0 Å². The smallest absolute Gasteiger partial charge is 0.254 e. The van der Waals surface area contributed by atoms with E-state index < -0.39 is 0 Å². The van der Waals surface area contributed by atoms with E-state index in [-0.39, 0.29) is 11.5 Å². The van der Waals surface area contributed by atoms with E-state index in [4.69, 9.17) is 4.74 Å². The summed E-state index contributed by atoms with van der Waals surface area (Å²) in [5.41, 5.74) is 1.80. The maximum absolute atomic E-state index is 11.9. The van der Waals surface area contributed by atoms with Crippen LogP contribution in [0.2, 0.25) is 0 Å². The molecule has 86 valence electrons. The minimum absolute atomic E-state index is 0.0356. The zero-order valence-electron chi connectivity index (χ0n) is 9.08. The third-order valence-corrected chi connectivity index (χ3v) is 3.28. The number of ether oxygens (including phenoxy) is 1. The lowest BCUT2D eigenvalue weighted by atomic mass is 10.1. The van der Waals surface area contributed by atoms with Crippen molar-refractivity contribution >= 4 is 0 Å². The highest BCUT2D eigenvalue weighted by Gasteiger charge is 2.23. The van der Waals surface area contributed by atoms with Crippen LogP contribution in [0.25, 0.3) is 0 Å². The van der Waals surface area contributed by atoms with Crippen molar-refractivity contribution in [2.75, 3.05) is 19.8 Å². The van der Waals surface area contributed by atoms with Crippen molar-refractivity contribution < 1.29 is 4.74 Å². The number of aromatic nitrogens is 2. The molecule has 1 aromatic heterocycles. The zero-order chi connectivity index (χ0) is 11.0. The predicted octanol–water partition coefficient (Wildman–Crippen LogP) is -0.0805. The van der Waals surface area contributed by atoms with E-state index >= 15 is 0 Å². The number of H-pyrrole nitrogens is 1. The largest absolute Gasteiger partial charge is 0.381 e. The molecule has 2 aliphatic heterocycles. The molecule has 1 fully saturated rings. The summed E-state index contributed by atoms with van der Waals surface area (Å²) in [7, 11) is 0. The molecule has 3 rings (SSSR count). The Morgan fingerprint density at radius 1 is 1.44 bits per heavy atom. The highest BCUT2D eigenvalue weighted by Crippen LogP contribution is 2.22. The van der Waals surface area contributed by atoms with Crippen molar-refractivity contribution in [3.63, 3.8) is 0 Å². The second kappa shape index (κ2) is 3.99. The Morgan fingerprint density at radius 2 is 2.38 bits per heavy atom. The number of nitrogens with one attached hydrogen (secondary N) is 2. The standard InChI is InChI=1S/C11H15N3O2/c15-11-8-1-3-12-5-9(8)13-10(14-11)7-2-4-16-6-7/h7,12H,1-6H2,(H,13,14,15). The molecule has 5 nitrogen and oxygen atoms in total. The molecule has 0 radical (unpaired) electrons. The van der Waals surface area contributed by atoms with Gasteiger partial charge in [-0.05, 0) is 19.4 Å². The summed E-state index contributed by atoms with van der Waals surface area (Å²) in [4.78, 5) is 19.3. The molecule has 1 unspecified atom stereocenters. The van der Waals surface area contributed by atoms with E-state index in [1.54, 1.807) is 0 Å². The molecule has 1 saturated heterocycles. The Kier molecular flexibility index (Phi) is 2.49. The minimum atomic E-state index is 0.0356. The summed E-state index contributed by atoms with van der Waals surface area (Å²) in [6, 6.07) is 0. The van der Waals surface area contributed by atoms with Gasteiger partial charge in [-0.15, -0.1) is 0 Å². The molecule has 16 heavy (non-hydrogen) atoms. The van der Waals surface area contributed by atoms with Crippen LogP contribution in [0.15, 0.2) is 4.79 Å². The summed E-state index contributed by atoms with van der Waals surface area (Å²) in [5, 5.41) is 3.24. The number of aromatic amines is 1. The van der Waals surface area contributed by atoms with Gasteiger partial charge >= 0.3 is 0 Å². The van der Waals surface area contributed by atoms with Gasteiger partial charge in [0.05, 0.1) is 12.3 Å². The van der Waals surface area contributed by atoms with Crippen molar-refractivity contribution in [1.29, 1.82) is 0 Å². The van der Waals surface area contributed by atoms with Crippen LogP contribution in [0, 0.1) is 0 Å².